The van der Waals surface area contributed by atoms with Gasteiger partial charge in [0.2, 0.25) is 0 Å². The number of thiophene rings is 1. The lowest BCUT2D eigenvalue weighted by Crippen LogP contribution is -2.01. The smallest absolute Gasteiger partial charge is 0.337 e. The van der Waals surface area contributed by atoms with Gasteiger partial charge in [-0.3, -0.25) is 4.57 Å². The van der Waals surface area contributed by atoms with E-state index in [9.17, 15) is 9.90 Å². The summed E-state index contributed by atoms with van der Waals surface area (Å²) in [7, 11) is 0. The predicted octanol–water partition coefficient (Wildman–Crippen LogP) is 3.94. The molecule has 2 aromatic carbocycles. The van der Waals surface area contributed by atoms with Crippen LogP contribution >= 0.6 is 11.3 Å². The van der Waals surface area contributed by atoms with Gasteiger partial charge in [-0.15, -0.1) is 11.3 Å². The number of carbonyl (C=O) groups is 1. The van der Waals surface area contributed by atoms with Crippen LogP contribution in [0.5, 0.6) is 0 Å². The van der Waals surface area contributed by atoms with Crippen LogP contribution in [0.25, 0.3) is 26.8 Å². The minimum absolute atomic E-state index is 0.260. The Kier molecular flexibility index (Phi) is 2.55. The van der Waals surface area contributed by atoms with E-state index in [-0.39, 0.29) is 5.56 Å². The summed E-state index contributed by atoms with van der Waals surface area (Å²) in [6.07, 6.45) is 1.67. The zero-order valence-corrected chi connectivity index (χ0v) is 11.7. The number of aromatic nitrogens is 2. The first-order valence-electron chi connectivity index (χ1n) is 6.41. The highest BCUT2D eigenvalue weighted by atomic mass is 32.1. The molecule has 5 heteroatoms. The second-order valence-corrected chi connectivity index (χ2v) is 5.68. The third-order valence-corrected chi connectivity index (χ3v) is 4.41. The number of rotatable bonds is 2. The van der Waals surface area contributed by atoms with E-state index in [4.69, 9.17) is 0 Å². The summed E-state index contributed by atoms with van der Waals surface area (Å²) >= 11 is 1.69. The summed E-state index contributed by atoms with van der Waals surface area (Å²) in [5.74, 6) is -0.945. The van der Waals surface area contributed by atoms with Gasteiger partial charge < -0.3 is 5.11 Å². The Bertz CT molecular complexity index is 984. The number of hydrogen-bond acceptors (Lipinski definition) is 3. The molecule has 4 nitrogen and oxygen atoms in total. The standard InChI is InChI=1S/C16H10N2O2S/c19-16(20)12-2-1-3-13-15(12)18(9-17-13)11-4-5-14-10(8-11)6-7-21-14/h1-9H,(H,19,20). The summed E-state index contributed by atoms with van der Waals surface area (Å²) in [5.41, 5.74) is 2.48. The van der Waals surface area contributed by atoms with Gasteiger partial charge in [-0.25, -0.2) is 9.78 Å². The van der Waals surface area contributed by atoms with E-state index in [2.05, 4.69) is 11.1 Å². The van der Waals surface area contributed by atoms with Crippen LogP contribution in [0.2, 0.25) is 0 Å². The molecule has 2 aromatic heterocycles. The Morgan fingerprint density at radius 3 is 2.95 bits per heavy atom. The van der Waals surface area contributed by atoms with Gasteiger partial charge in [-0.05, 0) is 47.2 Å². The fourth-order valence-electron chi connectivity index (χ4n) is 2.54. The first kappa shape index (κ1) is 12.1. The van der Waals surface area contributed by atoms with Gasteiger partial charge in [0, 0.05) is 10.4 Å². The Balaban J connectivity index is 2.03. The first-order valence-corrected chi connectivity index (χ1v) is 7.29. The fourth-order valence-corrected chi connectivity index (χ4v) is 3.31. The maximum Gasteiger partial charge on any atom is 0.337 e. The number of nitrogens with zero attached hydrogens (tertiary/aromatic N) is 2. The summed E-state index contributed by atoms with van der Waals surface area (Å²) < 4.78 is 3.04. The lowest BCUT2D eigenvalue weighted by Gasteiger charge is -2.06. The van der Waals surface area contributed by atoms with Gasteiger partial charge in [-0.1, -0.05) is 6.07 Å². The Labute approximate surface area is 123 Å². The molecule has 0 aliphatic heterocycles. The molecule has 0 saturated carbocycles. The van der Waals surface area contributed by atoms with E-state index in [0.29, 0.717) is 11.0 Å². The van der Waals surface area contributed by atoms with Crippen molar-refractivity contribution in [1.82, 2.24) is 9.55 Å². The van der Waals surface area contributed by atoms with Gasteiger partial charge in [0.05, 0.1) is 16.6 Å². The van der Waals surface area contributed by atoms with Crippen molar-refractivity contribution in [3.63, 3.8) is 0 Å². The quantitative estimate of drug-likeness (QED) is 0.609. The Morgan fingerprint density at radius 1 is 1.19 bits per heavy atom. The van der Waals surface area contributed by atoms with Gasteiger partial charge in [0.25, 0.3) is 0 Å². The average Bonchev–Trinajstić information content (AvgIpc) is 3.12. The summed E-state index contributed by atoms with van der Waals surface area (Å²) in [6, 6.07) is 13.3. The molecule has 0 aliphatic carbocycles. The van der Waals surface area contributed by atoms with Crippen LogP contribution in [0.4, 0.5) is 0 Å². The van der Waals surface area contributed by atoms with Crippen molar-refractivity contribution in [3.8, 4) is 5.69 Å². The van der Waals surface area contributed by atoms with Crippen molar-refractivity contribution in [2.75, 3.05) is 0 Å². The molecule has 102 valence electrons. The van der Waals surface area contributed by atoms with Crippen molar-refractivity contribution in [1.29, 1.82) is 0 Å². The zero-order chi connectivity index (χ0) is 14.4. The first-order chi connectivity index (χ1) is 10.2. The molecule has 0 saturated heterocycles. The Hall–Kier alpha value is -2.66. The molecule has 0 bridgehead atoms. The molecule has 1 N–H and O–H groups in total. The highest BCUT2D eigenvalue weighted by Crippen LogP contribution is 2.27. The summed E-state index contributed by atoms with van der Waals surface area (Å²) in [4.78, 5) is 15.7. The van der Waals surface area contributed by atoms with Crippen LogP contribution in [0.15, 0.2) is 54.2 Å². The second-order valence-electron chi connectivity index (χ2n) is 4.74. The second kappa shape index (κ2) is 4.43. The van der Waals surface area contributed by atoms with E-state index in [1.807, 2.05) is 34.2 Å². The molecule has 2 heterocycles. The van der Waals surface area contributed by atoms with Crippen LogP contribution in [-0.2, 0) is 0 Å². The largest absolute Gasteiger partial charge is 0.478 e. The number of aromatic carboxylic acids is 1. The number of para-hydroxylation sites is 1. The summed E-state index contributed by atoms with van der Waals surface area (Å²) in [6.45, 7) is 0. The number of benzene rings is 2. The molecule has 4 rings (SSSR count). The summed E-state index contributed by atoms with van der Waals surface area (Å²) in [5, 5.41) is 12.6. The lowest BCUT2D eigenvalue weighted by molar-refractivity contribution is 0.0698. The maximum absolute atomic E-state index is 11.4. The van der Waals surface area contributed by atoms with E-state index < -0.39 is 5.97 Å². The van der Waals surface area contributed by atoms with Crippen LogP contribution < -0.4 is 0 Å². The highest BCUT2D eigenvalue weighted by molar-refractivity contribution is 7.17. The number of fused-ring (bicyclic) bond motifs is 2. The topological polar surface area (TPSA) is 55.1 Å². The number of hydrogen-bond donors (Lipinski definition) is 1. The number of imidazole rings is 1. The lowest BCUT2D eigenvalue weighted by atomic mass is 10.1. The Morgan fingerprint density at radius 2 is 2.10 bits per heavy atom. The van der Waals surface area contributed by atoms with Gasteiger partial charge >= 0.3 is 5.97 Å². The normalized spacial score (nSPS) is 11.2. The number of carboxylic acids is 1. The minimum atomic E-state index is -0.945. The van der Waals surface area contributed by atoms with Crippen molar-refractivity contribution in [3.05, 3.63) is 59.7 Å². The molecular weight excluding hydrogens is 284 g/mol. The molecule has 21 heavy (non-hydrogen) atoms. The maximum atomic E-state index is 11.4. The van der Waals surface area contributed by atoms with E-state index in [1.54, 1.807) is 29.8 Å². The molecule has 0 radical (unpaired) electrons. The van der Waals surface area contributed by atoms with E-state index in [1.165, 1.54) is 4.70 Å². The SMILES string of the molecule is O=C(O)c1cccc2ncn(-c3ccc4sccc4c3)c12. The molecule has 0 fully saturated rings. The predicted molar refractivity (Wildman–Crippen MR) is 83.4 cm³/mol. The van der Waals surface area contributed by atoms with Crippen molar-refractivity contribution in [2.24, 2.45) is 0 Å². The molecule has 0 aliphatic rings. The third-order valence-electron chi connectivity index (χ3n) is 3.51. The highest BCUT2D eigenvalue weighted by Gasteiger charge is 2.14. The monoisotopic (exact) mass is 294 g/mol. The van der Waals surface area contributed by atoms with Gasteiger partial charge in [-0.2, -0.15) is 0 Å². The molecule has 4 aromatic rings. The molecule has 0 unspecified atom stereocenters. The van der Waals surface area contributed by atoms with E-state index >= 15 is 0 Å². The van der Waals surface area contributed by atoms with Crippen LogP contribution in [-0.4, -0.2) is 20.6 Å². The van der Waals surface area contributed by atoms with Crippen LogP contribution in [0, 0.1) is 0 Å². The molecule has 0 spiro atoms. The van der Waals surface area contributed by atoms with E-state index in [0.717, 1.165) is 11.1 Å². The third kappa shape index (κ3) is 1.82. The van der Waals surface area contributed by atoms with Gasteiger partial charge in [0.1, 0.15) is 6.33 Å². The average molecular weight is 294 g/mol. The molecule has 0 atom stereocenters. The van der Waals surface area contributed by atoms with Gasteiger partial charge in [0.15, 0.2) is 0 Å². The fraction of sp³-hybridized carbons (Fsp3) is 0. The minimum Gasteiger partial charge on any atom is -0.478 e. The van der Waals surface area contributed by atoms with Crippen LogP contribution in [0.1, 0.15) is 10.4 Å². The molecule has 0 amide bonds. The zero-order valence-electron chi connectivity index (χ0n) is 10.9. The van der Waals surface area contributed by atoms with Crippen molar-refractivity contribution < 1.29 is 9.90 Å². The van der Waals surface area contributed by atoms with Crippen LogP contribution in [0.3, 0.4) is 0 Å². The van der Waals surface area contributed by atoms with Crippen molar-refractivity contribution >= 4 is 38.4 Å². The number of carboxylic acid groups (broad SMARTS) is 1. The van der Waals surface area contributed by atoms with Crippen molar-refractivity contribution in [2.45, 2.75) is 0 Å². The molecular formula is C16H10N2O2S.